The molecule has 4 rings (SSSR count). The third kappa shape index (κ3) is 3.93. The molecule has 2 aromatic carbocycles. The van der Waals surface area contributed by atoms with E-state index in [-0.39, 0.29) is 21.3 Å². The van der Waals surface area contributed by atoms with E-state index in [1.807, 2.05) is 0 Å². The first-order valence-corrected chi connectivity index (χ1v) is 9.33. The van der Waals surface area contributed by atoms with E-state index in [0.717, 1.165) is 17.4 Å². The van der Waals surface area contributed by atoms with Gasteiger partial charge in [0.15, 0.2) is 10.9 Å². The number of rotatable bonds is 4. The van der Waals surface area contributed by atoms with Gasteiger partial charge in [0, 0.05) is 11.1 Å². The van der Waals surface area contributed by atoms with Crippen LogP contribution >= 0.6 is 11.3 Å². The standard InChI is InChI=1S/C21H13F3N2O2S/c22-21(23,24)15-10-5-4-9-14(15)18-17(16-11-6-12-28-16)25-20(29-18)26-19(27)13-7-2-1-3-8-13/h1-12H,(H,25,26,27). The van der Waals surface area contributed by atoms with Gasteiger partial charge in [-0.3, -0.25) is 10.1 Å². The fourth-order valence-electron chi connectivity index (χ4n) is 2.82. The fraction of sp³-hybridized carbons (Fsp3) is 0.0476. The number of alkyl halides is 3. The van der Waals surface area contributed by atoms with Crippen LogP contribution in [-0.4, -0.2) is 10.9 Å². The summed E-state index contributed by atoms with van der Waals surface area (Å²) in [5.41, 5.74) is -0.152. The highest BCUT2D eigenvalue weighted by Crippen LogP contribution is 2.44. The number of aromatic nitrogens is 1. The molecule has 1 amide bonds. The van der Waals surface area contributed by atoms with E-state index >= 15 is 0 Å². The van der Waals surface area contributed by atoms with Gasteiger partial charge in [0.2, 0.25) is 0 Å². The second kappa shape index (κ2) is 7.56. The van der Waals surface area contributed by atoms with Crippen LogP contribution in [0.2, 0.25) is 0 Å². The number of halogens is 3. The first-order chi connectivity index (χ1) is 13.9. The molecular weight excluding hydrogens is 401 g/mol. The molecule has 0 fully saturated rings. The lowest BCUT2D eigenvalue weighted by atomic mass is 10.0. The van der Waals surface area contributed by atoms with Crippen molar-refractivity contribution in [2.24, 2.45) is 0 Å². The molecule has 4 aromatic rings. The van der Waals surface area contributed by atoms with Crippen LogP contribution in [-0.2, 0) is 6.18 Å². The zero-order valence-corrected chi connectivity index (χ0v) is 15.6. The summed E-state index contributed by atoms with van der Waals surface area (Å²) >= 11 is 0.961. The number of hydrogen-bond acceptors (Lipinski definition) is 4. The zero-order valence-electron chi connectivity index (χ0n) is 14.7. The number of nitrogens with zero attached hydrogens (tertiary/aromatic N) is 1. The van der Waals surface area contributed by atoms with E-state index in [9.17, 15) is 18.0 Å². The summed E-state index contributed by atoms with van der Waals surface area (Å²) in [7, 11) is 0. The van der Waals surface area contributed by atoms with Crippen LogP contribution < -0.4 is 5.32 Å². The Bertz CT molecular complexity index is 1140. The van der Waals surface area contributed by atoms with Crippen molar-refractivity contribution >= 4 is 22.4 Å². The van der Waals surface area contributed by atoms with Crippen molar-refractivity contribution in [1.29, 1.82) is 0 Å². The molecule has 0 atom stereocenters. The van der Waals surface area contributed by atoms with Crippen LogP contribution in [0.3, 0.4) is 0 Å². The smallest absolute Gasteiger partial charge is 0.417 e. The molecule has 0 aliphatic heterocycles. The Morgan fingerprint density at radius 3 is 2.38 bits per heavy atom. The maximum absolute atomic E-state index is 13.5. The number of carbonyl (C=O) groups excluding carboxylic acids is 1. The highest BCUT2D eigenvalue weighted by molar-refractivity contribution is 7.19. The maximum atomic E-state index is 13.5. The zero-order chi connectivity index (χ0) is 20.4. The summed E-state index contributed by atoms with van der Waals surface area (Å²) in [5.74, 6) is -0.0885. The van der Waals surface area contributed by atoms with Crippen molar-refractivity contribution in [3.63, 3.8) is 0 Å². The van der Waals surface area contributed by atoms with Gasteiger partial charge < -0.3 is 4.42 Å². The third-order valence-corrected chi connectivity index (χ3v) is 5.12. The number of anilines is 1. The molecule has 8 heteroatoms. The monoisotopic (exact) mass is 414 g/mol. The lowest BCUT2D eigenvalue weighted by molar-refractivity contribution is -0.137. The van der Waals surface area contributed by atoms with Crippen LogP contribution in [0.25, 0.3) is 21.9 Å². The van der Waals surface area contributed by atoms with Crippen LogP contribution in [0.1, 0.15) is 15.9 Å². The molecule has 0 bridgehead atoms. The van der Waals surface area contributed by atoms with Crippen LogP contribution in [0, 0.1) is 0 Å². The lowest BCUT2D eigenvalue weighted by Gasteiger charge is -2.11. The van der Waals surface area contributed by atoms with E-state index in [0.29, 0.717) is 11.3 Å². The normalized spacial score (nSPS) is 11.4. The average molecular weight is 414 g/mol. The Morgan fingerprint density at radius 2 is 1.69 bits per heavy atom. The molecule has 2 heterocycles. The topological polar surface area (TPSA) is 55.1 Å². The van der Waals surface area contributed by atoms with Gasteiger partial charge in [-0.2, -0.15) is 13.2 Å². The molecule has 0 aliphatic rings. The van der Waals surface area contributed by atoms with E-state index in [1.165, 1.54) is 24.5 Å². The van der Waals surface area contributed by atoms with E-state index in [4.69, 9.17) is 4.42 Å². The summed E-state index contributed by atoms with van der Waals surface area (Å²) in [6, 6.07) is 17.0. The van der Waals surface area contributed by atoms with Gasteiger partial charge in [0.05, 0.1) is 16.7 Å². The molecule has 0 aliphatic carbocycles. The van der Waals surface area contributed by atoms with Gasteiger partial charge in [0.25, 0.3) is 5.91 Å². The molecule has 0 unspecified atom stereocenters. The number of furan rings is 1. The summed E-state index contributed by atoms with van der Waals surface area (Å²) in [6.45, 7) is 0. The lowest BCUT2D eigenvalue weighted by Crippen LogP contribution is -2.11. The van der Waals surface area contributed by atoms with Gasteiger partial charge in [-0.05, 0) is 30.3 Å². The van der Waals surface area contributed by atoms with Gasteiger partial charge in [-0.25, -0.2) is 4.98 Å². The van der Waals surface area contributed by atoms with E-state index in [2.05, 4.69) is 10.3 Å². The largest absolute Gasteiger partial charge is 0.463 e. The van der Waals surface area contributed by atoms with Gasteiger partial charge >= 0.3 is 6.18 Å². The second-order valence-corrected chi connectivity index (χ2v) is 7.04. The van der Waals surface area contributed by atoms with Crippen molar-refractivity contribution in [2.45, 2.75) is 6.18 Å². The molecule has 0 radical (unpaired) electrons. The number of thiazole rings is 1. The minimum absolute atomic E-state index is 0.0240. The third-order valence-electron chi connectivity index (χ3n) is 4.12. The summed E-state index contributed by atoms with van der Waals surface area (Å²) in [5, 5.41) is 2.83. The minimum Gasteiger partial charge on any atom is -0.463 e. The van der Waals surface area contributed by atoms with Gasteiger partial charge in [0.1, 0.15) is 5.69 Å². The van der Waals surface area contributed by atoms with Crippen molar-refractivity contribution in [1.82, 2.24) is 4.98 Å². The van der Waals surface area contributed by atoms with Crippen LogP contribution in [0.15, 0.2) is 77.4 Å². The van der Waals surface area contributed by atoms with Gasteiger partial charge in [-0.1, -0.05) is 47.7 Å². The Balaban J connectivity index is 1.80. The molecule has 0 saturated carbocycles. The Kier molecular flexibility index (Phi) is 4.94. The van der Waals surface area contributed by atoms with Crippen molar-refractivity contribution in [2.75, 3.05) is 5.32 Å². The maximum Gasteiger partial charge on any atom is 0.417 e. The molecular formula is C21H13F3N2O2S. The highest BCUT2D eigenvalue weighted by atomic mass is 32.1. The summed E-state index contributed by atoms with van der Waals surface area (Å²) < 4.78 is 46.0. The predicted molar refractivity (Wildman–Crippen MR) is 105 cm³/mol. The molecule has 2 aromatic heterocycles. The van der Waals surface area contributed by atoms with Gasteiger partial charge in [-0.15, -0.1) is 0 Å². The van der Waals surface area contributed by atoms with Crippen molar-refractivity contribution in [3.8, 4) is 21.9 Å². The second-order valence-electron chi connectivity index (χ2n) is 6.04. The molecule has 1 N–H and O–H groups in total. The number of hydrogen-bond donors (Lipinski definition) is 1. The number of carbonyl (C=O) groups is 1. The summed E-state index contributed by atoms with van der Waals surface area (Å²) in [4.78, 5) is 17.0. The molecule has 4 nitrogen and oxygen atoms in total. The fourth-order valence-corrected chi connectivity index (χ4v) is 3.83. The molecule has 146 valence electrons. The minimum atomic E-state index is -4.53. The summed E-state index contributed by atoms with van der Waals surface area (Å²) in [6.07, 6.45) is -3.12. The van der Waals surface area contributed by atoms with E-state index in [1.54, 1.807) is 42.5 Å². The number of nitrogens with one attached hydrogen (secondary N) is 1. The van der Waals surface area contributed by atoms with Crippen LogP contribution in [0.5, 0.6) is 0 Å². The quantitative estimate of drug-likeness (QED) is 0.424. The Hall–Kier alpha value is -3.39. The number of benzene rings is 2. The SMILES string of the molecule is O=C(Nc1nc(-c2ccco2)c(-c2ccccc2C(F)(F)F)s1)c1ccccc1. The molecule has 0 saturated heterocycles. The predicted octanol–water partition coefficient (Wildman–Crippen LogP) is 6.34. The van der Waals surface area contributed by atoms with Crippen molar-refractivity contribution < 1.29 is 22.4 Å². The van der Waals surface area contributed by atoms with Crippen molar-refractivity contribution in [3.05, 3.63) is 84.1 Å². The Morgan fingerprint density at radius 1 is 0.966 bits per heavy atom. The highest BCUT2D eigenvalue weighted by Gasteiger charge is 2.35. The Labute approximate surface area is 167 Å². The average Bonchev–Trinajstić information content (AvgIpc) is 3.37. The van der Waals surface area contributed by atoms with Crippen LogP contribution in [0.4, 0.5) is 18.3 Å². The number of amides is 1. The first kappa shape index (κ1) is 18.9. The first-order valence-electron chi connectivity index (χ1n) is 8.51. The molecule has 29 heavy (non-hydrogen) atoms. The molecule has 0 spiro atoms. The van der Waals surface area contributed by atoms with E-state index < -0.39 is 17.6 Å².